The van der Waals surface area contributed by atoms with Crippen molar-refractivity contribution in [2.45, 2.75) is 26.0 Å². The number of likely N-dealkylation sites (N-methyl/N-ethyl adjacent to an activating group) is 1. The third-order valence-corrected chi connectivity index (χ3v) is 2.04. The van der Waals surface area contributed by atoms with Gasteiger partial charge in [0.2, 0.25) is 5.95 Å². The monoisotopic (exact) mass is 224 g/mol. The van der Waals surface area contributed by atoms with Gasteiger partial charge in [0, 0.05) is 38.1 Å². The van der Waals surface area contributed by atoms with Crippen molar-refractivity contribution in [3.05, 3.63) is 18.0 Å². The highest BCUT2D eigenvalue weighted by molar-refractivity contribution is 5.29. The Morgan fingerprint density at radius 3 is 2.38 bits per heavy atom. The molecule has 0 saturated carbocycles. The Bertz CT molecular complexity index is 318. The molecular formula is C11H20N4O. The molecule has 0 aliphatic heterocycles. The van der Waals surface area contributed by atoms with Crippen LogP contribution in [0.15, 0.2) is 12.4 Å². The maximum atomic E-state index is 9.68. The van der Waals surface area contributed by atoms with E-state index in [2.05, 4.69) is 15.3 Å². The zero-order chi connectivity index (χ0) is 12.2. The Labute approximate surface area is 96.5 Å². The first-order chi connectivity index (χ1) is 7.42. The normalized spacial score (nSPS) is 11.6. The first-order valence-electron chi connectivity index (χ1n) is 5.31. The quantitative estimate of drug-likeness (QED) is 0.758. The number of rotatable bonds is 5. The number of hydrogen-bond donors (Lipinski definition) is 2. The summed E-state index contributed by atoms with van der Waals surface area (Å²) in [5, 5.41) is 12.7. The summed E-state index contributed by atoms with van der Waals surface area (Å²) in [4.78, 5) is 10.3. The van der Waals surface area contributed by atoms with Gasteiger partial charge in [-0.2, -0.15) is 0 Å². The predicted octanol–water partition coefficient (Wildman–Crippen LogP) is 0.403. The summed E-state index contributed by atoms with van der Waals surface area (Å²) in [6.45, 7) is 4.78. The lowest BCUT2D eigenvalue weighted by Crippen LogP contribution is -2.37. The Balaban J connectivity index is 2.66. The highest BCUT2D eigenvalue weighted by Crippen LogP contribution is 2.10. The highest BCUT2D eigenvalue weighted by atomic mass is 16.3. The second-order valence-corrected chi connectivity index (χ2v) is 4.59. The van der Waals surface area contributed by atoms with Gasteiger partial charge in [0.1, 0.15) is 0 Å². The number of hydrogen-bond acceptors (Lipinski definition) is 5. The van der Waals surface area contributed by atoms with Crippen LogP contribution in [0.2, 0.25) is 0 Å². The molecule has 2 N–H and O–H groups in total. The van der Waals surface area contributed by atoms with Crippen molar-refractivity contribution in [3.63, 3.8) is 0 Å². The van der Waals surface area contributed by atoms with Gasteiger partial charge in [0.05, 0.1) is 5.60 Å². The summed E-state index contributed by atoms with van der Waals surface area (Å²) in [6.07, 6.45) is 3.58. The molecule has 16 heavy (non-hydrogen) atoms. The number of nitrogens with zero attached hydrogens (tertiary/aromatic N) is 3. The van der Waals surface area contributed by atoms with Crippen LogP contribution in [-0.2, 0) is 6.54 Å². The molecule has 0 fully saturated rings. The van der Waals surface area contributed by atoms with E-state index in [1.165, 1.54) is 0 Å². The van der Waals surface area contributed by atoms with Gasteiger partial charge >= 0.3 is 0 Å². The fourth-order valence-corrected chi connectivity index (χ4v) is 1.49. The van der Waals surface area contributed by atoms with Crippen molar-refractivity contribution in [1.82, 2.24) is 15.3 Å². The average Bonchev–Trinajstić information content (AvgIpc) is 2.16. The molecule has 90 valence electrons. The van der Waals surface area contributed by atoms with Gasteiger partial charge < -0.3 is 15.3 Å². The van der Waals surface area contributed by atoms with Crippen molar-refractivity contribution >= 4 is 5.95 Å². The molecule has 0 saturated heterocycles. The molecule has 5 nitrogen and oxygen atoms in total. The lowest BCUT2D eigenvalue weighted by atomic mass is 10.1. The van der Waals surface area contributed by atoms with Gasteiger partial charge in [-0.15, -0.1) is 0 Å². The van der Waals surface area contributed by atoms with E-state index < -0.39 is 5.60 Å². The van der Waals surface area contributed by atoms with E-state index in [1.54, 1.807) is 26.2 Å². The molecule has 5 heteroatoms. The molecule has 1 rings (SSSR count). The summed E-state index contributed by atoms with van der Waals surface area (Å²) in [5.74, 6) is 0.627. The molecule has 0 radical (unpaired) electrons. The minimum atomic E-state index is -0.748. The van der Waals surface area contributed by atoms with E-state index in [0.29, 0.717) is 12.5 Å². The molecule has 0 amide bonds. The maximum absolute atomic E-state index is 9.68. The second kappa shape index (κ2) is 5.23. The molecule has 0 aromatic carbocycles. The molecule has 1 heterocycles. The van der Waals surface area contributed by atoms with Crippen LogP contribution in [-0.4, -0.2) is 41.3 Å². The van der Waals surface area contributed by atoms with Crippen LogP contribution >= 0.6 is 0 Å². The van der Waals surface area contributed by atoms with Crippen LogP contribution in [0.3, 0.4) is 0 Å². The first kappa shape index (κ1) is 12.9. The lowest BCUT2D eigenvalue weighted by Gasteiger charge is -2.25. The first-order valence-corrected chi connectivity index (χ1v) is 5.31. The van der Waals surface area contributed by atoms with E-state index in [1.807, 2.05) is 19.0 Å². The van der Waals surface area contributed by atoms with Gasteiger partial charge in [-0.05, 0) is 20.9 Å². The Morgan fingerprint density at radius 1 is 1.38 bits per heavy atom. The summed E-state index contributed by atoms with van der Waals surface area (Å²) in [7, 11) is 3.75. The van der Waals surface area contributed by atoms with Crippen molar-refractivity contribution in [2.24, 2.45) is 0 Å². The van der Waals surface area contributed by atoms with Crippen LogP contribution in [0.1, 0.15) is 19.4 Å². The number of nitrogens with one attached hydrogen (secondary N) is 1. The molecule has 0 atom stereocenters. The van der Waals surface area contributed by atoms with Crippen molar-refractivity contribution in [2.75, 3.05) is 25.5 Å². The summed E-state index contributed by atoms with van der Waals surface area (Å²) >= 11 is 0. The topological polar surface area (TPSA) is 61.3 Å². The standard InChI is InChI=1S/C11H20N4O/c1-11(2,16)8-15(4)10-13-6-9(5-12-3)7-14-10/h6-7,12,16H,5,8H2,1-4H3. The SMILES string of the molecule is CNCc1cnc(N(C)CC(C)(C)O)nc1. The van der Waals surface area contributed by atoms with Crippen LogP contribution in [0, 0.1) is 0 Å². The largest absolute Gasteiger partial charge is 0.389 e. The molecule has 1 aromatic heterocycles. The zero-order valence-corrected chi connectivity index (χ0v) is 10.4. The number of aliphatic hydroxyl groups is 1. The van der Waals surface area contributed by atoms with Crippen molar-refractivity contribution in [3.8, 4) is 0 Å². The number of anilines is 1. The van der Waals surface area contributed by atoms with Gasteiger partial charge in [0.25, 0.3) is 0 Å². The Hall–Kier alpha value is -1.20. The van der Waals surface area contributed by atoms with Crippen LogP contribution in [0.5, 0.6) is 0 Å². The molecule has 0 bridgehead atoms. The fourth-order valence-electron chi connectivity index (χ4n) is 1.49. The van der Waals surface area contributed by atoms with Crippen LogP contribution in [0.4, 0.5) is 5.95 Å². The lowest BCUT2D eigenvalue weighted by molar-refractivity contribution is 0.0883. The summed E-state index contributed by atoms with van der Waals surface area (Å²) in [5.41, 5.74) is 0.296. The average molecular weight is 224 g/mol. The van der Waals surface area contributed by atoms with E-state index in [0.717, 1.165) is 12.1 Å². The minimum Gasteiger partial charge on any atom is -0.389 e. The van der Waals surface area contributed by atoms with Gasteiger partial charge in [0.15, 0.2) is 0 Å². The minimum absolute atomic E-state index is 0.498. The maximum Gasteiger partial charge on any atom is 0.225 e. The van der Waals surface area contributed by atoms with Crippen molar-refractivity contribution < 1.29 is 5.11 Å². The summed E-state index contributed by atoms with van der Waals surface area (Å²) in [6, 6.07) is 0. The Kier molecular flexibility index (Phi) is 4.20. The Morgan fingerprint density at radius 2 is 1.94 bits per heavy atom. The third kappa shape index (κ3) is 4.12. The molecule has 0 unspecified atom stereocenters. The van der Waals surface area contributed by atoms with Crippen LogP contribution < -0.4 is 10.2 Å². The van der Waals surface area contributed by atoms with E-state index in [9.17, 15) is 5.11 Å². The zero-order valence-electron chi connectivity index (χ0n) is 10.4. The highest BCUT2D eigenvalue weighted by Gasteiger charge is 2.17. The third-order valence-electron chi connectivity index (χ3n) is 2.04. The van der Waals surface area contributed by atoms with Gasteiger partial charge in [-0.25, -0.2) is 9.97 Å². The predicted molar refractivity (Wildman–Crippen MR) is 64.4 cm³/mol. The number of aromatic nitrogens is 2. The van der Waals surface area contributed by atoms with E-state index in [-0.39, 0.29) is 0 Å². The smallest absolute Gasteiger partial charge is 0.225 e. The van der Waals surface area contributed by atoms with Crippen molar-refractivity contribution in [1.29, 1.82) is 0 Å². The van der Waals surface area contributed by atoms with E-state index in [4.69, 9.17) is 0 Å². The van der Waals surface area contributed by atoms with E-state index >= 15 is 0 Å². The molecule has 0 aliphatic carbocycles. The molecule has 1 aromatic rings. The van der Waals surface area contributed by atoms with Crippen LogP contribution in [0.25, 0.3) is 0 Å². The van der Waals surface area contributed by atoms with Gasteiger partial charge in [-0.1, -0.05) is 0 Å². The molecule has 0 aliphatic rings. The fraction of sp³-hybridized carbons (Fsp3) is 0.636. The molecule has 0 spiro atoms. The van der Waals surface area contributed by atoms with Gasteiger partial charge in [-0.3, -0.25) is 0 Å². The molecular weight excluding hydrogens is 204 g/mol. The summed E-state index contributed by atoms with van der Waals surface area (Å²) < 4.78 is 0. The second-order valence-electron chi connectivity index (χ2n) is 4.59.